The van der Waals surface area contributed by atoms with Crippen LogP contribution < -0.4 is 10.6 Å². The van der Waals surface area contributed by atoms with Gasteiger partial charge in [-0.05, 0) is 62.2 Å². The Morgan fingerprint density at radius 3 is 2.54 bits per heavy atom. The van der Waals surface area contributed by atoms with Crippen molar-refractivity contribution in [3.63, 3.8) is 0 Å². The van der Waals surface area contributed by atoms with Gasteiger partial charge in [-0.2, -0.15) is 0 Å². The highest BCUT2D eigenvalue weighted by atomic mass is 32.1. The van der Waals surface area contributed by atoms with Gasteiger partial charge in [0.15, 0.2) is 5.76 Å². The van der Waals surface area contributed by atoms with Crippen LogP contribution in [0.1, 0.15) is 33.7 Å². The van der Waals surface area contributed by atoms with Crippen LogP contribution in [-0.4, -0.2) is 88.8 Å². The predicted octanol–water partition coefficient (Wildman–Crippen LogP) is 4.03. The van der Waals surface area contributed by atoms with E-state index in [1.807, 2.05) is 18.2 Å². The summed E-state index contributed by atoms with van der Waals surface area (Å²) in [6.07, 6.45) is 6.00. The molecule has 5 rings (SSSR count). The zero-order chi connectivity index (χ0) is 32.5. The SMILES string of the molecule is Cc1ccoc1C(=O)Nc1cccc(C#C[C@H]2C=NC=C(C(=O)Nc3cccc(CCCN4CCN(CCO)CC4)c3O)C2=S)c1. The van der Waals surface area contributed by atoms with Gasteiger partial charge in [0.25, 0.3) is 11.8 Å². The Bertz CT molecular complexity index is 1710. The minimum absolute atomic E-state index is 0.0416. The molecule has 0 saturated carbocycles. The number of para-hydroxylation sites is 1. The van der Waals surface area contributed by atoms with Gasteiger partial charge in [-0.25, -0.2) is 0 Å². The van der Waals surface area contributed by atoms with Crippen LogP contribution in [0.25, 0.3) is 0 Å². The molecule has 0 radical (unpaired) electrons. The fourth-order valence-electron chi connectivity index (χ4n) is 5.36. The molecule has 0 spiro atoms. The van der Waals surface area contributed by atoms with Crippen LogP contribution in [0, 0.1) is 24.7 Å². The summed E-state index contributed by atoms with van der Waals surface area (Å²) >= 11 is 5.62. The number of aliphatic imine (C=N–C) groups is 1. The Morgan fingerprint density at radius 1 is 1.04 bits per heavy atom. The molecule has 11 heteroatoms. The predicted molar refractivity (Wildman–Crippen MR) is 182 cm³/mol. The van der Waals surface area contributed by atoms with Crippen LogP contribution in [0.5, 0.6) is 5.75 Å². The zero-order valence-electron chi connectivity index (χ0n) is 25.7. The van der Waals surface area contributed by atoms with Crippen LogP contribution in [0.15, 0.2) is 76.0 Å². The first-order valence-electron chi connectivity index (χ1n) is 15.2. The molecule has 1 atom stereocenters. The van der Waals surface area contributed by atoms with Crippen LogP contribution >= 0.6 is 12.2 Å². The van der Waals surface area contributed by atoms with E-state index >= 15 is 0 Å². The number of benzene rings is 2. The summed E-state index contributed by atoms with van der Waals surface area (Å²) in [5.74, 6) is 5.03. The van der Waals surface area contributed by atoms with Crippen LogP contribution in [0.3, 0.4) is 0 Å². The van der Waals surface area contributed by atoms with E-state index in [0.717, 1.165) is 50.3 Å². The Balaban J connectivity index is 1.16. The fourth-order valence-corrected chi connectivity index (χ4v) is 5.62. The van der Waals surface area contributed by atoms with Gasteiger partial charge in [0.05, 0.1) is 30.0 Å². The van der Waals surface area contributed by atoms with Crippen molar-refractivity contribution in [2.75, 3.05) is 56.5 Å². The number of thiocarbonyl (C=S) groups is 1. The van der Waals surface area contributed by atoms with Crippen molar-refractivity contribution >= 4 is 46.5 Å². The molecule has 2 amide bonds. The summed E-state index contributed by atoms with van der Waals surface area (Å²) in [6, 6.07) is 14.1. The molecule has 1 fully saturated rings. The van der Waals surface area contributed by atoms with E-state index < -0.39 is 11.8 Å². The van der Waals surface area contributed by atoms with Gasteiger partial charge in [0.2, 0.25) is 0 Å². The number of phenols is 1. The maximum Gasteiger partial charge on any atom is 0.291 e. The number of carbonyl (C=O) groups excluding carboxylic acids is 2. The second kappa shape index (κ2) is 15.6. The number of hydrogen-bond acceptors (Lipinski definition) is 9. The second-order valence-electron chi connectivity index (χ2n) is 11.2. The monoisotopic (exact) mass is 639 g/mol. The third kappa shape index (κ3) is 8.35. The highest BCUT2D eigenvalue weighted by molar-refractivity contribution is 7.81. The highest BCUT2D eigenvalue weighted by Crippen LogP contribution is 2.29. The molecule has 238 valence electrons. The molecule has 46 heavy (non-hydrogen) atoms. The van der Waals surface area contributed by atoms with Gasteiger partial charge in [-0.1, -0.05) is 42.3 Å². The van der Waals surface area contributed by atoms with E-state index in [9.17, 15) is 14.7 Å². The Morgan fingerprint density at radius 2 is 1.80 bits per heavy atom. The van der Waals surface area contributed by atoms with Crippen molar-refractivity contribution < 1.29 is 24.2 Å². The molecule has 2 aliphatic rings. The number of β-amino-alcohol motifs (C(OH)–C–C–N with tert-alkyl or cyclic N) is 1. The Labute approximate surface area is 273 Å². The van der Waals surface area contributed by atoms with Gasteiger partial charge in [0, 0.05) is 66.8 Å². The second-order valence-corrected chi connectivity index (χ2v) is 11.6. The number of aryl methyl sites for hydroxylation is 2. The molecule has 3 heterocycles. The summed E-state index contributed by atoms with van der Waals surface area (Å²) < 4.78 is 5.26. The molecule has 2 aromatic carbocycles. The molecular weight excluding hydrogens is 602 g/mol. The van der Waals surface area contributed by atoms with E-state index in [1.54, 1.807) is 43.5 Å². The standard InChI is InChI=1S/C35H37N5O5S/c1-24-12-20-45-32(24)35(44)37-28-8-2-5-25(21-28)10-11-27-22-36-23-29(33(27)46)34(43)38-30-9-3-6-26(31(30)42)7-4-13-39-14-16-40(17-15-39)18-19-41/h2-3,5-6,8-9,12,20-23,27,41-42H,4,7,13-19H2,1H3,(H,37,44)(H,38,43)/t27-/m0/s1. The number of aliphatic hydroxyl groups excluding tert-OH is 1. The average Bonchev–Trinajstić information content (AvgIpc) is 3.49. The Kier molecular flexibility index (Phi) is 11.1. The highest BCUT2D eigenvalue weighted by Gasteiger charge is 2.24. The van der Waals surface area contributed by atoms with Gasteiger partial charge >= 0.3 is 0 Å². The number of aliphatic hydroxyl groups is 1. The molecule has 1 aromatic heterocycles. The van der Waals surface area contributed by atoms with Gasteiger partial charge in [-0.3, -0.25) is 19.5 Å². The van der Waals surface area contributed by atoms with Crippen molar-refractivity contribution in [1.82, 2.24) is 9.80 Å². The number of furan rings is 1. The first kappa shape index (κ1) is 32.8. The molecule has 3 aromatic rings. The van der Waals surface area contributed by atoms with Gasteiger partial charge in [0.1, 0.15) is 5.75 Å². The molecule has 4 N–H and O–H groups in total. The maximum atomic E-state index is 13.2. The van der Waals surface area contributed by atoms with E-state index in [-0.39, 0.29) is 29.6 Å². The van der Waals surface area contributed by atoms with Crippen molar-refractivity contribution in [1.29, 1.82) is 0 Å². The summed E-state index contributed by atoms with van der Waals surface area (Å²) in [5.41, 5.74) is 3.23. The van der Waals surface area contributed by atoms with E-state index in [0.29, 0.717) is 34.8 Å². The summed E-state index contributed by atoms with van der Waals surface area (Å²) in [4.78, 5) is 35.0. The average molecular weight is 640 g/mol. The first-order valence-corrected chi connectivity index (χ1v) is 15.7. The van der Waals surface area contributed by atoms with Crippen LogP contribution in [0.4, 0.5) is 11.4 Å². The molecule has 1 saturated heterocycles. The molecule has 10 nitrogen and oxygen atoms in total. The quantitative estimate of drug-likeness (QED) is 0.149. The van der Waals surface area contributed by atoms with E-state index in [1.165, 1.54) is 12.5 Å². The van der Waals surface area contributed by atoms with Gasteiger partial charge in [-0.15, -0.1) is 0 Å². The number of hydrogen-bond donors (Lipinski definition) is 4. The third-order valence-corrected chi connectivity index (χ3v) is 8.44. The minimum Gasteiger partial charge on any atom is -0.505 e. The molecule has 2 aliphatic heterocycles. The lowest BCUT2D eigenvalue weighted by molar-refractivity contribution is -0.112. The minimum atomic E-state index is -0.574. The summed E-state index contributed by atoms with van der Waals surface area (Å²) in [7, 11) is 0. The number of rotatable bonds is 10. The topological polar surface area (TPSA) is 131 Å². The van der Waals surface area contributed by atoms with Crippen LogP contribution in [-0.2, 0) is 11.2 Å². The number of nitrogens with one attached hydrogen (secondary N) is 2. The molecule has 0 bridgehead atoms. The summed E-state index contributed by atoms with van der Waals surface area (Å²) in [6.45, 7) is 7.42. The third-order valence-electron chi connectivity index (χ3n) is 7.96. The zero-order valence-corrected chi connectivity index (χ0v) is 26.5. The first-order chi connectivity index (χ1) is 22.3. The van der Waals surface area contributed by atoms with Gasteiger partial charge < -0.3 is 30.2 Å². The fraction of sp³-hybridized carbons (Fsp3) is 0.314. The maximum absolute atomic E-state index is 13.2. The number of phenolic OH excluding ortho intramolecular Hbond substituents is 1. The molecule has 0 aliphatic carbocycles. The van der Waals surface area contributed by atoms with Crippen LogP contribution in [0.2, 0.25) is 0 Å². The van der Waals surface area contributed by atoms with Crippen molar-refractivity contribution in [3.8, 4) is 17.6 Å². The lowest BCUT2D eigenvalue weighted by Crippen LogP contribution is -2.47. The van der Waals surface area contributed by atoms with Crippen molar-refractivity contribution in [2.45, 2.75) is 19.8 Å². The number of carbonyl (C=O) groups is 2. The van der Waals surface area contributed by atoms with E-state index in [4.69, 9.17) is 21.7 Å². The summed E-state index contributed by atoms with van der Waals surface area (Å²) in [5, 5.41) is 25.7. The smallest absolute Gasteiger partial charge is 0.291 e. The number of amides is 2. The lowest BCUT2D eigenvalue weighted by atomic mass is 9.97. The van der Waals surface area contributed by atoms with Crippen molar-refractivity contribution in [3.05, 3.63) is 89.0 Å². The normalized spacial score (nSPS) is 16.8. The van der Waals surface area contributed by atoms with E-state index in [2.05, 4.69) is 37.3 Å². The molecule has 0 unspecified atom stereocenters. The Hall–Kier alpha value is -4.60. The molecular formula is C35H37N5O5S. The largest absolute Gasteiger partial charge is 0.505 e. The lowest BCUT2D eigenvalue weighted by Gasteiger charge is -2.34. The number of aromatic hydroxyl groups is 1. The van der Waals surface area contributed by atoms with Crippen molar-refractivity contribution in [2.24, 2.45) is 10.9 Å². The number of anilines is 2. The number of piperazine rings is 1. The number of nitrogens with zero attached hydrogens (tertiary/aromatic N) is 3.